The molecular weight excluding hydrogens is 513 g/mol. The number of carbonyl (C=O) groups excluding carboxylic acids is 1. The Morgan fingerprint density at radius 1 is 1.30 bits per heavy atom. The maximum absolute atomic E-state index is 11.8. The van der Waals surface area contributed by atoms with Crippen LogP contribution in [0.2, 0.25) is 0 Å². The molecule has 1 amide bonds. The normalized spacial score (nSPS) is 15.0. The summed E-state index contributed by atoms with van der Waals surface area (Å²) < 4.78 is 6.33. The lowest BCUT2D eigenvalue weighted by Crippen LogP contribution is -2.49. The topological polar surface area (TPSA) is 78.9 Å². The molecule has 2 N–H and O–H groups in total. The number of aryl methyl sites for hydroxylation is 1. The Bertz CT molecular complexity index is 788. The Hall–Kier alpha value is -1.62. The van der Waals surface area contributed by atoms with Crippen LogP contribution in [0.3, 0.4) is 0 Å². The summed E-state index contributed by atoms with van der Waals surface area (Å²) in [7, 11) is 0. The van der Waals surface area contributed by atoms with Gasteiger partial charge in [0.05, 0.1) is 21.8 Å². The van der Waals surface area contributed by atoms with E-state index >= 15 is 0 Å². The second kappa shape index (κ2) is 12.9. The highest BCUT2D eigenvalue weighted by atomic mass is 127. The lowest BCUT2D eigenvalue weighted by Gasteiger charge is -2.32. The van der Waals surface area contributed by atoms with Gasteiger partial charge in [-0.05, 0) is 45.2 Å². The highest BCUT2D eigenvalue weighted by molar-refractivity contribution is 14.0. The van der Waals surface area contributed by atoms with Gasteiger partial charge in [-0.1, -0.05) is 12.1 Å². The number of amides is 1. The number of fused-ring (bicyclic) bond motifs is 1. The first-order chi connectivity index (χ1) is 14.2. The number of para-hydroxylation sites is 1. The molecule has 2 heterocycles. The van der Waals surface area contributed by atoms with Gasteiger partial charge in [-0.25, -0.2) is 9.78 Å². The Morgan fingerprint density at radius 2 is 2.07 bits per heavy atom. The molecule has 0 aliphatic carbocycles. The lowest BCUT2D eigenvalue weighted by molar-refractivity contribution is 0.0963. The van der Waals surface area contributed by atoms with Crippen LogP contribution in [0.5, 0.6) is 0 Å². The molecular formula is C21H32IN5O2S. The summed E-state index contributed by atoms with van der Waals surface area (Å²) in [6.07, 6.45) is 3.50. The fraction of sp³-hybridized carbons (Fsp3) is 0.571. The summed E-state index contributed by atoms with van der Waals surface area (Å²) in [6.45, 7) is 7.34. The van der Waals surface area contributed by atoms with E-state index in [2.05, 4.69) is 35.8 Å². The Balaban J connectivity index is 0.00000320. The number of thiazole rings is 1. The first-order valence-electron chi connectivity index (χ1n) is 10.5. The molecule has 0 saturated carbocycles. The third-order valence-corrected chi connectivity index (χ3v) is 5.96. The number of halogens is 1. The number of aliphatic imine (C=N–C) groups is 1. The van der Waals surface area contributed by atoms with Crippen LogP contribution in [0.1, 0.15) is 38.1 Å². The summed E-state index contributed by atoms with van der Waals surface area (Å²) in [5, 5.41) is 8.01. The minimum atomic E-state index is -0.207. The second-order valence-corrected chi connectivity index (χ2v) is 8.16. The monoisotopic (exact) mass is 545 g/mol. The Kier molecular flexibility index (Phi) is 10.6. The Labute approximate surface area is 199 Å². The number of benzene rings is 1. The molecule has 166 valence electrons. The first kappa shape index (κ1) is 24.6. The van der Waals surface area contributed by atoms with Gasteiger partial charge < -0.3 is 20.3 Å². The van der Waals surface area contributed by atoms with E-state index in [-0.39, 0.29) is 30.1 Å². The molecule has 1 aliphatic rings. The molecule has 2 aromatic rings. The number of hydrogen-bond acceptors (Lipinski definition) is 5. The zero-order valence-corrected chi connectivity index (χ0v) is 20.9. The van der Waals surface area contributed by atoms with Crippen molar-refractivity contribution in [3.63, 3.8) is 0 Å². The van der Waals surface area contributed by atoms with Crippen LogP contribution < -0.4 is 10.6 Å². The highest BCUT2D eigenvalue weighted by Crippen LogP contribution is 2.22. The van der Waals surface area contributed by atoms with E-state index in [9.17, 15) is 4.79 Å². The molecule has 9 heteroatoms. The van der Waals surface area contributed by atoms with Gasteiger partial charge >= 0.3 is 6.09 Å². The van der Waals surface area contributed by atoms with Gasteiger partial charge in [0.25, 0.3) is 0 Å². The number of nitrogens with zero attached hydrogens (tertiary/aromatic N) is 3. The third kappa shape index (κ3) is 7.26. The molecule has 0 spiro atoms. The minimum Gasteiger partial charge on any atom is -0.450 e. The minimum absolute atomic E-state index is 0. The number of rotatable bonds is 7. The van der Waals surface area contributed by atoms with Crippen molar-refractivity contribution in [2.75, 3.05) is 32.8 Å². The number of ether oxygens (including phenoxy) is 1. The molecule has 1 fully saturated rings. The van der Waals surface area contributed by atoms with Crippen molar-refractivity contribution in [2.45, 2.75) is 45.6 Å². The van der Waals surface area contributed by atoms with Crippen LogP contribution in [0.25, 0.3) is 10.2 Å². The van der Waals surface area contributed by atoms with Crippen molar-refractivity contribution >= 4 is 57.6 Å². The highest BCUT2D eigenvalue weighted by Gasteiger charge is 2.24. The molecule has 1 aromatic heterocycles. The number of likely N-dealkylation sites (tertiary alicyclic amines) is 1. The maximum atomic E-state index is 11.8. The van der Waals surface area contributed by atoms with E-state index in [4.69, 9.17) is 14.7 Å². The molecule has 0 radical (unpaired) electrons. The van der Waals surface area contributed by atoms with Crippen LogP contribution >= 0.6 is 35.3 Å². The molecule has 1 aliphatic heterocycles. The predicted octanol–water partition coefficient (Wildman–Crippen LogP) is 4.02. The number of carbonyl (C=O) groups is 1. The predicted molar refractivity (Wildman–Crippen MR) is 134 cm³/mol. The van der Waals surface area contributed by atoms with Crippen molar-refractivity contribution < 1.29 is 9.53 Å². The number of piperidine rings is 1. The average Bonchev–Trinajstić information content (AvgIpc) is 3.15. The second-order valence-electron chi connectivity index (χ2n) is 7.04. The maximum Gasteiger partial charge on any atom is 0.409 e. The largest absolute Gasteiger partial charge is 0.450 e. The van der Waals surface area contributed by atoms with Gasteiger partial charge in [-0.3, -0.25) is 4.99 Å². The molecule has 1 saturated heterocycles. The van der Waals surface area contributed by atoms with Gasteiger partial charge in [0.2, 0.25) is 0 Å². The fourth-order valence-electron chi connectivity index (χ4n) is 3.38. The van der Waals surface area contributed by atoms with Gasteiger partial charge in [0, 0.05) is 38.6 Å². The van der Waals surface area contributed by atoms with Crippen molar-refractivity contribution in [3.8, 4) is 0 Å². The zero-order valence-electron chi connectivity index (χ0n) is 17.7. The SMILES string of the molecule is CCNC(=NCCCc1nc2ccccc2s1)NC1CCN(C(=O)OCC)CC1.I. The summed E-state index contributed by atoms with van der Waals surface area (Å²) in [5.74, 6) is 0.853. The zero-order chi connectivity index (χ0) is 20.5. The summed E-state index contributed by atoms with van der Waals surface area (Å²) >= 11 is 1.77. The van der Waals surface area contributed by atoms with E-state index in [1.165, 1.54) is 9.71 Å². The molecule has 0 bridgehead atoms. The molecule has 30 heavy (non-hydrogen) atoms. The summed E-state index contributed by atoms with van der Waals surface area (Å²) in [5.41, 5.74) is 1.08. The van der Waals surface area contributed by atoms with Crippen molar-refractivity contribution in [1.82, 2.24) is 20.5 Å². The Morgan fingerprint density at radius 3 is 2.77 bits per heavy atom. The quantitative estimate of drug-likeness (QED) is 0.238. The molecule has 1 aromatic carbocycles. The fourth-order valence-corrected chi connectivity index (χ4v) is 4.39. The van der Waals surface area contributed by atoms with Gasteiger partial charge in [0.15, 0.2) is 5.96 Å². The number of guanidine groups is 1. The lowest BCUT2D eigenvalue weighted by atomic mass is 10.1. The number of aromatic nitrogens is 1. The average molecular weight is 545 g/mol. The smallest absolute Gasteiger partial charge is 0.409 e. The third-order valence-electron chi connectivity index (χ3n) is 4.86. The summed E-state index contributed by atoms with van der Waals surface area (Å²) in [4.78, 5) is 23.0. The van der Waals surface area contributed by atoms with E-state index < -0.39 is 0 Å². The van der Waals surface area contributed by atoms with Crippen LogP contribution in [0.4, 0.5) is 4.79 Å². The molecule has 7 nitrogen and oxygen atoms in total. The van der Waals surface area contributed by atoms with Crippen molar-refractivity contribution in [1.29, 1.82) is 0 Å². The molecule has 0 atom stereocenters. The van der Waals surface area contributed by atoms with Crippen LogP contribution in [-0.2, 0) is 11.2 Å². The van der Waals surface area contributed by atoms with E-state index in [1.54, 1.807) is 16.2 Å². The van der Waals surface area contributed by atoms with Crippen molar-refractivity contribution in [3.05, 3.63) is 29.3 Å². The van der Waals surface area contributed by atoms with E-state index in [0.29, 0.717) is 25.7 Å². The first-order valence-corrected chi connectivity index (χ1v) is 11.3. The van der Waals surface area contributed by atoms with Crippen LogP contribution in [0, 0.1) is 0 Å². The van der Waals surface area contributed by atoms with Gasteiger partial charge in [0.1, 0.15) is 0 Å². The molecule has 0 unspecified atom stereocenters. The number of nitrogens with one attached hydrogen (secondary N) is 2. The molecule has 3 rings (SSSR count). The van der Waals surface area contributed by atoms with Crippen LogP contribution in [0.15, 0.2) is 29.3 Å². The van der Waals surface area contributed by atoms with Crippen LogP contribution in [-0.4, -0.2) is 60.8 Å². The van der Waals surface area contributed by atoms with Crippen molar-refractivity contribution in [2.24, 2.45) is 4.99 Å². The van der Waals surface area contributed by atoms with Gasteiger partial charge in [-0.2, -0.15) is 0 Å². The van der Waals surface area contributed by atoms with E-state index in [1.807, 2.05) is 13.0 Å². The van der Waals surface area contributed by atoms with E-state index in [0.717, 1.165) is 50.2 Å². The standard InChI is InChI=1S/C21H31N5O2S.HI/c1-3-22-20(24-16-11-14-26(15-12-16)21(27)28-4-2)23-13-7-10-19-25-17-8-5-6-9-18(17)29-19;/h5-6,8-9,16H,3-4,7,10-15H2,1-2H3,(H2,22,23,24);1H. The number of hydrogen-bond donors (Lipinski definition) is 2. The summed E-state index contributed by atoms with van der Waals surface area (Å²) in [6, 6.07) is 8.59. The van der Waals surface area contributed by atoms with Gasteiger partial charge in [-0.15, -0.1) is 35.3 Å².